The van der Waals surface area contributed by atoms with E-state index >= 15 is 0 Å². The van der Waals surface area contributed by atoms with E-state index in [0.29, 0.717) is 19.1 Å². The molecule has 2 aliphatic heterocycles. The van der Waals surface area contributed by atoms with Crippen LogP contribution in [0, 0.1) is 5.82 Å². The standard InChI is InChI=1S/C16H24FN5O2/c1-11(2)20-15(23)22-5-3-4-16(10-22)6-13(9-24-16)21-14-18-7-12(17)8-19-14/h7-8,11,13H,3-6,9-10H2,1-2H3,(H,20,23)(H,18,19,21)/t13-,16-/m1/s1. The van der Waals surface area contributed by atoms with Gasteiger partial charge < -0.3 is 20.3 Å². The summed E-state index contributed by atoms with van der Waals surface area (Å²) in [6.07, 6.45) is 4.91. The molecule has 8 heteroatoms. The van der Waals surface area contributed by atoms with Crippen molar-refractivity contribution in [2.75, 3.05) is 25.0 Å². The molecule has 0 saturated carbocycles. The number of halogens is 1. The summed E-state index contributed by atoms with van der Waals surface area (Å²) in [6, 6.07) is 0.138. The highest BCUT2D eigenvalue weighted by Gasteiger charge is 2.44. The third kappa shape index (κ3) is 3.92. The molecule has 24 heavy (non-hydrogen) atoms. The van der Waals surface area contributed by atoms with E-state index in [4.69, 9.17) is 4.74 Å². The second-order valence-electron chi connectivity index (χ2n) is 6.89. The monoisotopic (exact) mass is 337 g/mol. The molecule has 1 spiro atoms. The molecule has 2 fully saturated rings. The summed E-state index contributed by atoms with van der Waals surface area (Å²) in [7, 11) is 0. The van der Waals surface area contributed by atoms with Crippen LogP contribution in [0.2, 0.25) is 0 Å². The highest BCUT2D eigenvalue weighted by Crippen LogP contribution is 2.35. The van der Waals surface area contributed by atoms with E-state index in [0.717, 1.165) is 38.2 Å². The van der Waals surface area contributed by atoms with Crippen LogP contribution in [0.25, 0.3) is 0 Å². The minimum absolute atomic E-state index is 0.0362. The van der Waals surface area contributed by atoms with Gasteiger partial charge in [0.2, 0.25) is 5.95 Å². The summed E-state index contributed by atoms with van der Waals surface area (Å²) >= 11 is 0. The van der Waals surface area contributed by atoms with Gasteiger partial charge in [-0.1, -0.05) is 0 Å². The molecule has 0 aliphatic carbocycles. The SMILES string of the molecule is CC(C)NC(=O)N1CCC[C@@]2(C[C@@H](Nc3ncc(F)cn3)CO2)C1. The van der Waals surface area contributed by atoms with Gasteiger partial charge in [0.1, 0.15) is 0 Å². The Morgan fingerprint density at radius 2 is 2.21 bits per heavy atom. The van der Waals surface area contributed by atoms with Gasteiger partial charge in [0.15, 0.2) is 5.82 Å². The lowest BCUT2D eigenvalue weighted by molar-refractivity contribution is -0.0410. The van der Waals surface area contributed by atoms with Gasteiger partial charge in [-0.15, -0.1) is 0 Å². The van der Waals surface area contributed by atoms with Gasteiger partial charge in [0.05, 0.1) is 37.2 Å². The van der Waals surface area contributed by atoms with Crippen LogP contribution in [0.15, 0.2) is 12.4 Å². The fraction of sp³-hybridized carbons (Fsp3) is 0.688. The van der Waals surface area contributed by atoms with Crippen molar-refractivity contribution in [1.29, 1.82) is 0 Å². The van der Waals surface area contributed by atoms with Crippen molar-refractivity contribution < 1.29 is 13.9 Å². The van der Waals surface area contributed by atoms with Crippen LogP contribution in [0.3, 0.4) is 0 Å². The number of rotatable bonds is 3. The van der Waals surface area contributed by atoms with Gasteiger partial charge in [0, 0.05) is 19.0 Å². The second kappa shape index (κ2) is 6.88. The predicted octanol–water partition coefficient (Wildman–Crippen LogP) is 1.77. The summed E-state index contributed by atoms with van der Waals surface area (Å²) in [5.41, 5.74) is -0.315. The van der Waals surface area contributed by atoms with Gasteiger partial charge in [0.25, 0.3) is 0 Å². The molecule has 2 atom stereocenters. The number of piperidine rings is 1. The minimum Gasteiger partial charge on any atom is -0.371 e. The fourth-order valence-corrected chi connectivity index (χ4v) is 3.40. The van der Waals surface area contributed by atoms with E-state index in [2.05, 4.69) is 20.6 Å². The van der Waals surface area contributed by atoms with Gasteiger partial charge in [-0.05, 0) is 26.7 Å². The van der Waals surface area contributed by atoms with Crippen molar-refractivity contribution in [3.63, 3.8) is 0 Å². The first-order valence-electron chi connectivity index (χ1n) is 8.39. The molecule has 1 aromatic heterocycles. The molecule has 0 aromatic carbocycles. The molecule has 0 radical (unpaired) electrons. The topological polar surface area (TPSA) is 79.4 Å². The predicted molar refractivity (Wildman–Crippen MR) is 87.2 cm³/mol. The number of amides is 2. The van der Waals surface area contributed by atoms with Crippen LogP contribution in [0.5, 0.6) is 0 Å². The molecule has 3 rings (SSSR count). The molecule has 0 bridgehead atoms. The smallest absolute Gasteiger partial charge is 0.317 e. The van der Waals surface area contributed by atoms with Crippen molar-refractivity contribution >= 4 is 12.0 Å². The Morgan fingerprint density at radius 3 is 2.92 bits per heavy atom. The molecule has 2 saturated heterocycles. The first kappa shape index (κ1) is 16.9. The summed E-state index contributed by atoms with van der Waals surface area (Å²) in [5, 5.41) is 6.12. The van der Waals surface area contributed by atoms with Gasteiger partial charge >= 0.3 is 6.03 Å². The van der Waals surface area contributed by atoms with Gasteiger partial charge in [-0.2, -0.15) is 0 Å². The van der Waals surface area contributed by atoms with Gasteiger partial charge in [-0.25, -0.2) is 19.2 Å². The minimum atomic E-state index is -0.459. The molecule has 3 heterocycles. The molecule has 2 aliphatic rings. The van der Waals surface area contributed by atoms with E-state index in [1.165, 1.54) is 0 Å². The lowest BCUT2D eigenvalue weighted by Crippen LogP contribution is -2.54. The van der Waals surface area contributed by atoms with Crippen LogP contribution in [-0.2, 0) is 4.74 Å². The number of hydrogen-bond donors (Lipinski definition) is 2. The number of aromatic nitrogens is 2. The van der Waals surface area contributed by atoms with E-state index in [9.17, 15) is 9.18 Å². The zero-order valence-corrected chi connectivity index (χ0v) is 14.1. The Labute approximate surface area is 141 Å². The molecular formula is C16H24FN5O2. The average Bonchev–Trinajstić information content (AvgIpc) is 2.91. The number of anilines is 1. The fourth-order valence-electron chi connectivity index (χ4n) is 3.40. The van der Waals surface area contributed by atoms with Crippen LogP contribution >= 0.6 is 0 Å². The lowest BCUT2D eigenvalue weighted by atomic mass is 9.89. The maximum absolute atomic E-state index is 12.9. The van der Waals surface area contributed by atoms with E-state index in [-0.39, 0.29) is 23.7 Å². The zero-order valence-electron chi connectivity index (χ0n) is 14.1. The Morgan fingerprint density at radius 1 is 1.46 bits per heavy atom. The Hall–Kier alpha value is -1.96. The Balaban J connectivity index is 1.58. The highest BCUT2D eigenvalue weighted by molar-refractivity contribution is 5.74. The number of likely N-dealkylation sites (tertiary alicyclic amines) is 1. The number of nitrogens with zero attached hydrogens (tertiary/aromatic N) is 3. The first-order valence-corrected chi connectivity index (χ1v) is 8.39. The zero-order chi connectivity index (χ0) is 17.2. The Bertz CT molecular complexity index is 582. The second-order valence-corrected chi connectivity index (χ2v) is 6.89. The lowest BCUT2D eigenvalue weighted by Gasteiger charge is -2.39. The maximum Gasteiger partial charge on any atom is 0.317 e. The molecule has 0 unspecified atom stereocenters. The number of hydrogen-bond acceptors (Lipinski definition) is 5. The van der Waals surface area contributed by atoms with E-state index < -0.39 is 5.82 Å². The maximum atomic E-state index is 12.9. The van der Waals surface area contributed by atoms with Crippen LogP contribution < -0.4 is 10.6 Å². The summed E-state index contributed by atoms with van der Waals surface area (Å²) in [5.74, 6) is -0.0638. The molecule has 2 amide bonds. The van der Waals surface area contributed by atoms with E-state index in [1.807, 2.05) is 18.7 Å². The molecule has 2 N–H and O–H groups in total. The first-order chi connectivity index (χ1) is 11.5. The molecular weight excluding hydrogens is 313 g/mol. The molecule has 1 aromatic rings. The number of urea groups is 1. The summed E-state index contributed by atoms with van der Waals surface area (Å²) < 4.78 is 18.9. The number of carbonyl (C=O) groups is 1. The van der Waals surface area contributed by atoms with Crippen molar-refractivity contribution in [2.45, 2.75) is 50.8 Å². The third-order valence-corrected chi connectivity index (χ3v) is 4.40. The molecule has 7 nitrogen and oxygen atoms in total. The van der Waals surface area contributed by atoms with Crippen LogP contribution in [0.4, 0.5) is 15.1 Å². The third-order valence-electron chi connectivity index (χ3n) is 4.40. The van der Waals surface area contributed by atoms with E-state index in [1.54, 1.807) is 0 Å². The van der Waals surface area contributed by atoms with Crippen LogP contribution in [-0.4, -0.2) is 58.3 Å². The normalized spacial score (nSPS) is 26.8. The Kier molecular flexibility index (Phi) is 4.84. The number of ether oxygens (including phenoxy) is 1. The summed E-state index contributed by atoms with van der Waals surface area (Å²) in [6.45, 7) is 5.77. The largest absolute Gasteiger partial charge is 0.371 e. The summed E-state index contributed by atoms with van der Waals surface area (Å²) in [4.78, 5) is 21.9. The quantitative estimate of drug-likeness (QED) is 0.879. The van der Waals surface area contributed by atoms with Crippen molar-refractivity contribution in [2.24, 2.45) is 0 Å². The number of carbonyl (C=O) groups excluding carboxylic acids is 1. The highest BCUT2D eigenvalue weighted by atomic mass is 19.1. The number of nitrogens with one attached hydrogen (secondary N) is 2. The van der Waals surface area contributed by atoms with Crippen molar-refractivity contribution in [3.8, 4) is 0 Å². The van der Waals surface area contributed by atoms with Gasteiger partial charge in [-0.3, -0.25) is 0 Å². The van der Waals surface area contributed by atoms with Crippen molar-refractivity contribution in [3.05, 3.63) is 18.2 Å². The average molecular weight is 337 g/mol. The van der Waals surface area contributed by atoms with Crippen LogP contribution in [0.1, 0.15) is 33.1 Å². The van der Waals surface area contributed by atoms with Crippen molar-refractivity contribution in [1.82, 2.24) is 20.2 Å². The molecule has 132 valence electrons.